The van der Waals surface area contributed by atoms with Crippen LogP contribution in [0.2, 0.25) is 0 Å². The minimum atomic E-state index is -0.725. The molecule has 12 heavy (non-hydrogen) atoms. The lowest BCUT2D eigenvalue weighted by Gasteiger charge is -2.16. The van der Waals surface area contributed by atoms with Gasteiger partial charge in [0.05, 0.1) is 0 Å². The van der Waals surface area contributed by atoms with Crippen molar-refractivity contribution in [3.8, 4) is 0 Å². The minimum Gasteiger partial charge on any atom is -0.444 e. The summed E-state index contributed by atoms with van der Waals surface area (Å²) < 4.78 is 4.58. The normalized spacial score (nSPS) is 15.2. The average Bonchev–Trinajstić information content (AvgIpc) is 1.47. The molecule has 0 aromatic rings. The maximum Gasteiger partial charge on any atom is 0.405 e. The molecule has 1 aliphatic carbocycles. The molecule has 0 spiro atoms. The highest BCUT2D eigenvalue weighted by Crippen LogP contribution is 2.15. The molecule has 0 saturated heterocycles. The van der Waals surface area contributed by atoms with Crippen molar-refractivity contribution in [3.63, 3.8) is 0 Å². The van der Waals surface area contributed by atoms with Crippen LogP contribution in [0.4, 0.5) is 4.79 Å². The van der Waals surface area contributed by atoms with Crippen LogP contribution in [0.25, 0.3) is 0 Å². The summed E-state index contributed by atoms with van der Waals surface area (Å²) in [4.78, 5) is 10.0. The van der Waals surface area contributed by atoms with E-state index in [-0.39, 0.29) is 0 Å². The van der Waals surface area contributed by atoms with Gasteiger partial charge in [-0.05, 0) is 20.8 Å². The van der Waals surface area contributed by atoms with Gasteiger partial charge in [-0.25, -0.2) is 4.79 Å². The first-order chi connectivity index (χ1) is 5.42. The zero-order chi connectivity index (χ0) is 9.61. The molecule has 3 nitrogen and oxygen atoms in total. The fraction of sp³-hybridized carbons (Fsp3) is 0.889. The Hall–Kier alpha value is -0.730. The Labute approximate surface area is 74.3 Å². The van der Waals surface area contributed by atoms with Gasteiger partial charge in [0.1, 0.15) is 5.60 Å². The van der Waals surface area contributed by atoms with E-state index in [0.717, 1.165) is 0 Å². The van der Waals surface area contributed by atoms with Crippen molar-refractivity contribution in [1.29, 1.82) is 0 Å². The molecule has 0 aliphatic heterocycles. The highest BCUT2D eigenvalue weighted by Gasteiger charge is 2.12. The maximum absolute atomic E-state index is 10.0. The molecule has 0 unspecified atom stereocenters. The summed E-state index contributed by atoms with van der Waals surface area (Å²) in [6.45, 7) is 5.28. The lowest BCUT2D eigenvalue weighted by molar-refractivity contribution is 0.0600. The van der Waals surface area contributed by atoms with Gasteiger partial charge in [0.2, 0.25) is 0 Å². The molecule has 1 fully saturated rings. The van der Waals surface area contributed by atoms with Crippen LogP contribution < -0.4 is 5.73 Å². The first-order valence-corrected chi connectivity index (χ1v) is 4.40. The van der Waals surface area contributed by atoms with E-state index in [1.54, 1.807) is 20.8 Å². The Morgan fingerprint density at radius 2 is 1.50 bits per heavy atom. The third-order valence-corrected chi connectivity index (χ3v) is 1.41. The standard InChI is InChI=1S/C5H11NO2.C4H8/c1-5(2,3)8-4(6)7;1-2-4-3-1/h1-3H3,(H2,6,7);1-4H2. The van der Waals surface area contributed by atoms with Crippen LogP contribution in [0.1, 0.15) is 46.5 Å². The summed E-state index contributed by atoms with van der Waals surface area (Å²) in [5.74, 6) is 0. The topological polar surface area (TPSA) is 52.3 Å². The third-order valence-electron chi connectivity index (χ3n) is 1.41. The molecule has 0 atom stereocenters. The zero-order valence-electron chi connectivity index (χ0n) is 8.22. The van der Waals surface area contributed by atoms with Crippen LogP contribution in [-0.4, -0.2) is 11.7 Å². The molecular weight excluding hydrogens is 154 g/mol. The predicted octanol–water partition coefficient (Wildman–Crippen LogP) is 2.44. The highest BCUT2D eigenvalue weighted by molar-refractivity contribution is 5.65. The molecule has 0 heterocycles. The number of ether oxygens (including phenoxy) is 1. The van der Waals surface area contributed by atoms with Gasteiger partial charge < -0.3 is 10.5 Å². The fourth-order valence-electron chi connectivity index (χ4n) is 0.552. The number of amides is 1. The summed E-state index contributed by atoms with van der Waals surface area (Å²) in [5.41, 5.74) is 4.26. The predicted molar refractivity (Wildman–Crippen MR) is 48.9 cm³/mol. The second-order valence-electron chi connectivity index (χ2n) is 3.95. The lowest BCUT2D eigenvalue weighted by atomic mass is 10.0. The van der Waals surface area contributed by atoms with Crippen molar-refractivity contribution in [2.45, 2.75) is 52.1 Å². The van der Waals surface area contributed by atoms with Gasteiger partial charge in [0, 0.05) is 0 Å². The Balaban J connectivity index is 0.000000247. The number of hydrogen-bond acceptors (Lipinski definition) is 2. The molecular formula is C9H19NO2. The number of carbonyl (C=O) groups excluding carboxylic acids is 1. The van der Waals surface area contributed by atoms with Gasteiger partial charge >= 0.3 is 6.09 Å². The van der Waals surface area contributed by atoms with E-state index >= 15 is 0 Å². The van der Waals surface area contributed by atoms with E-state index in [1.165, 1.54) is 25.7 Å². The lowest BCUT2D eigenvalue weighted by Crippen LogP contribution is -2.27. The van der Waals surface area contributed by atoms with Crippen molar-refractivity contribution in [2.24, 2.45) is 5.73 Å². The molecule has 1 aliphatic rings. The number of rotatable bonds is 0. The van der Waals surface area contributed by atoms with Crippen LogP contribution >= 0.6 is 0 Å². The second kappa shape index (κ2) is 5.01. The van der Waals surface area contributed by atoms with E-state index in [4.69, 9.17) is 5.73 Å². The van der Waals surface area contributed by atoms with Gasteiger partial charge in [-0.1, -0.05) is 25.7 Å². The van der Waals surface area contributed by atoms with Crippen molar-refractivity contribution in [3.05, 3.63) is 0 Å². The Bertz CT molecular complexity index is 130. The number of primary amides is 1. The summed E-state index contributed by atoms with van der Waals surface area (Å²) in [6.07, 6.45) is 5.28. The number of nitrogens with two attached hydrogens (primary N) is 1. The van der Waals surface area contributed by atoms with E-state index in [1.807, 2.05) is 0 Å². The van der Waals surface area contributed by atoms with E-state index < -0.39 is 11.7 Å². The minimum absolute atomic E-state index is 0.453. The summed E-state index contributed by atoms with van der Waals surface area (Å²) in [5, 5.41) is 0. The van der Waals surface area contributed by atoms with E-state index in [2.05, 4.69) is 4.74 Å². The van der Waals surface area contributed by atoms with Gasteiger partial charge in [-0.15, -0.1) is 0 Å². The Kier molecular flexibility index (Phi) is 4.71. The van der Waals surface area contributed by atoms with Crippen LogP contribution in [0.15, 0.2) is 0 Å². The fourth-order valence-corrected chi connectivity index (χ4v) is 0.552. The SMILES string of the molecule is C1CCC1.CC(C)(C)OC(N)=O. The second-order valence-corrected chi connectivity index (χ2v) is 3.95. The van der Waals surface area contributed by atoms with E-state index in [9.17, 15) is 4.79 Å². The molecule has 0 aromatic heterocycles. The van der Waals surface area contributed by atoms with Gasteiger partial charge in [0.25, 0.3) is 0 Å². The first-order valence-electron chi connectivity index (χ1n) is 4.40. The van der Waals surface area contributed by atoms with Crippen LogP contribution in [0, 0.1) is 0 Å². The Morgan fingerprint density at radius 3 is 1.50 bits per heavy atom. The quantitative estimate of drug-likeness (QED) is 0.611. The molecule has 3 heteroatoms. The molecule has 0 radical (unpaired) electrons. The molecule has 1 saturated carbocycles. The van der Waals surface area contributed by atoms with Crippen LogP contribution in [-0.2, 0) is 4.74 Å². The highest BCUT2D eigenvalue weighted by atomic mass is 16.6. The number of hydrogen-bond donors (Lipinski definition) is 1. The summed E-state index contributed by atoms with van der Waals surface area (Å²) in [6, 6.07) is 0. The zero-order valence-corrected chi connectivity index (χ0v) is 8.22. The van der Waals surface area contributed by atoms with Gasteiger partial charge in [-0.3, -0.25) is 0 Å². The van der Waals surface area contributed by atoms with Crippen LogP contribution in [0.3, 0.4) is 0 Å². The molecule has 1 amide bonds. The monoisotopic (exact) mass is 173 g/mol. The molecule has 0 aromatic carbocycles. The largest absolute Gasteiger partial charge is 0.444 e. The van der Waals surface area contributed by atoms with Crippen LogP contribution in [0.5, 0.6) is 0 Å². The molecule has 72 valence electrons. The third kappa shape index (κ3) is 9.27. The maximum atomic E-state index is 10.0. The van der Waals surface area contributed by atoms with Crippen molar-refractivity contribution >= 4 is 6.09 Å². The first kappa shape index (κ1) is 11.3. The van der Waals surface area contributed by atoms with Crippen molar-refractivity contribution < 1.29 is 9.53 Å². The average molecular weight is 173 g/mol. The van der Waals surface area contributed by atoms with Crippen molar-refractivity contribution in [1.82, 2.24) is 0 Å². The van der Waals surface area contributed by atoms with Gasteiger partial charge in [-0.2, -0.15) is 0 Å². The summed E-state index contributed by atoms with van der Waals surface area (Å²) >= 11 is 0. The van der Waals surface area contributed by atoms with E-state index in [0.29, 0.717) is 0 Å². The summed E-state index contributed by atoms with van der Waals surface area (Å²) in [7, 11) is 0. The van der Waals surface area contributed by atoms with Gasteiger partial charge in [0.15, 0.2) is 0 Å². The molecule has 0 bridgehead atoms. The number of carbonyl (C=O) groups is 1. The molecule has 2 N–H and O–H groups in total. The molecule has 1 rings (SSSR count). The van der Waals surface area contributed by atoms with Crippen molar-refractivity contribution in [2.75, 3.05) is 0 Å². The smallest absolute Gasteiger partial charge is 0.405 e. The Morgan fingerprint density at radius 1 is 1.17 bits per heavy atom.